The number of hydrogen-bond acceptors (Lipinski definition) is 6. The van der Waals surface area contributed by atoms with Gasteiger partial charge in [-0.2, -0.15) is 19.6 Å². The molecule has 0 unspecified atom stereocenters. The minimum absolute atomic E-state index is 0.311. The Morgan fingerprint density at radius 1 is 0.848 bits per heavy atom. The number of piperazine rings is 1. The first-order valence-electron chi connectivity index (χ1n) is 13.7. The van der Waals surface area contributed by atoms with E-state index in [1.165, 1.54) is 32.1 Å². The lowest BCUT2D eigenvalue weighted by atomic mass is 9.53. The molecule has 2 heterocycles. The third-order valence-corrected chi connectivity index (χ3v) is 9.60. The van der Waals surface area contributed by atoms with E-state index < -0.39 is 11.6 Å². The van der Waals surface area contributed by atoms with Crippen molar-refractivity contribution in [3.63, 3.8) is 0 Å². The van der Waals surface area contributed by atoms with Gasteiger partial charge in [-0.05, 0) is 68.6 Å². The molecule has 4 bridgehead atoms. The van der Waals surface area contributed by atoms with Gasteiger partial charge in [-0.15, -0.1) is 0 Å². The molecule has 7 nitrogen and oxygen atoms in total. The van der Waals surface area contributed by atoms with Crippen LogP contribution in [0.25, 0.3) is 0 Å². The van der Waals surface area contributed by atoms with Crippen molar-refractivity contribution >= 4 is 5.91 Å². The molecule has 0 N–H and O–H groups in total. The van der Waals surface area contributed by atoms with Crippen LogP contribution in [0, 0.1) is 35.5 Å². The Hall–Kier alpha value is -0.730. The van der Waals surface area contributed by atoms with Crippen LogP contribution in [-0.2, 0) is 24.3 Å². The van der Waals surface area contributed by atoms with Crippen molar-refractivity contribution in [1.82, 2.24) is 9.80 Å². The summed E-state index contributed by atoms with van der Waals surface area (Å²) in [7, 11) is 0. The molecule has 2 saturated heterocycles. The monoisotopic (exact) mass is 462 g/mol. The van der Waals surface area contributed by atoms with Crippen LogP contribution < -0.4 is 0 Å². The van der Waals surface area contributed by atoms with Crippen LogP contribution >= 0.6 is 0 Å². The molecule has 5 aliphatic carbocycles. The molecule has 0 aromatic carbocycles. The Bertz CT molecular complexity index is 686. The fourth-order valence-electron chi connectivity index (χ4n) is 7.98. The zero-order valence-corrected chi connectivity index (χ0v) is 20.5. The second kappa shape index (κ2) is 8.74. The highest BCUT2D eigenvalue weighted by Gasteiger charge is 2.64. The second-order valence-corrected chi connectivity index (χ2v) is 12.5. The maximum Gasteiger partial charge on any atom is 0.239 e. The van der Waals surface area contributed by atoms with E-state index in [-0.39, 0.29) is 0 Å². The molecule has 7 fully saturated rings. The molecule has 0 radical (unpaired) electrons. The number of amides is 1. The molecular weight excluding hydrogens is 420 g/mol. The van der Waals surface area contributed by atoms with E-state index in [4.69, 9.17) is 19.6 Å². The number of hydrogen-bond donors (Lipinski definition) is 0. The maximum absolute atomic E-state index is 12.9. The quantitative estimate of drug-likeness (QED) is 0.586. The van der Waals surface area contributed by atoms with Crippen LogP contribution in [0.2, 0.25) is 0 Å². The topological polar surface area (TPSA) is 60.5 Å². The third-order valence-electron chi connectivity index (χ3n) is 9.60. The summed E-state index contributed by atoms with van der Waals surface area (Å²) in [5.41, 5.74) is 0. The van der Waals surface area contributed by atoms with E-state index in [0.29, 0.717) is 36.0 Å². The lowest BCUT2D eigenvalue weighted by Gasteiger charge is -2.60. The average Bonchev–Trinajstić information content (AvgIpc) is 2.80. The van der Waals surface area contributed by atoms with Gasteiger partial charge < -0.3 is 4.90 Å². The van der Waals surface area contributed by atoms with E-state index in [2.05, 4.69) is 23.6 Å². The summed E-state index contributed by atoms with van der Waals surface area (Å²) in [5, 5.41) is 0. The normalized spacial score (nSPS) is 45.4. The zero-order chi connectivity index (χ0) is 22.6. The molecule has 2 spiro atoms. The largest absolute Gasteiger partial charge is 0.340 e. The van der Waals surface area contributed by atoms with Gasteiger partial charge in [0.25, 0.3) is 0 Å². The van der Waals surface area contributed by atoms with Crippen molar-refractivity contribution in [2.45, 2.75) is 89.6 Å². The summed E-state index contributed by atoms with van der Waals surface area (Å²) in [6, 6.07) is 0. The highest BCUT2D eigenvalue weighted by Crippen LogP contribution is 2.62. The predicted molar refractivity (Wildman–Crippen MR) is 121 cm³/mol. The molecule has 0 aromatic heterocycles. The average molecular weight is 463 g/mol. The van der Waals surface area contributed by atoms with E-state index >= 15 is 0 Å². The molecule has 0 aromatic rings. The molecule has 7 rings (SSSR count). The van der Waals surface area contributed by atoms with Crippen molar-refractivity contribution in [2.75, 3.05) is 32.7 Å². The number of carbonyl (C=O) groups excluding carboxylic acids is 1. The van der Waals surface area contributed by atoms with Crippen LogP contribution in [0.4, 0.5) is 0 Å². The lowest BCUT2D eigenvalue weighted by Crippen LogP contribution is -2.64. The van der Waals surface area contributed by atoms with Crippen LogP contribution in [-0.4, -0.2) is 60.0 Å². The first-order valence-corrected chi connectivity index (χ1v) is 13.7. The van der Waals surface area contributed by atoms with E-state index in [9.17, 15) is 4.79 Å². The van der Waals surface area contributed by atoms with Gasteiger partial charge in [-0.25, -0.2) is 0 Å². The summed E-state index contributed by atoms with van der Waals surface area (Å²) >= 11 is 0. The Kier molecular flexibility index (Phi) is 6.01. The predicted octanol–water partition coefficient (Wildman–Crippen LogP) is 4.13. The van der Waals surface area contributed by atoms with Gasteiger partial charge >= 0.3 is 0 Å². The zero-order valence-electron chi connectivity index (χ0n) is 20.5. The first-order chi connectivity index (χ1) is 15.9. The van der Waals surface area contributed by atoms with Crippen LogP contribution in [0.5, 0.6) is 0 Å². The van der Waals surface area contributed by atoms with Crippen LogP contribution in [0.15, 0.2) is 0 Å². The van der Waals surface area contributed by atoms with E-state index in [1.807, 2.05) is 0 Å². The molecule has 5 saturated carbocycles. The standard InChI is InChI=1S/C26H42N2O5/c1-18(2)17-27-7-9-28(10-8-27)24(29)16-19-3-5-25(6-4-19)30-32-26(33-31-25)22-12-20-11-21(14-22)15-23(26)13-20/h18-23H,3-17H2,1-2H3. The minimum Gasteiger partial charge on any atom is -0.340 e. The van der Waals surface area contributed by atoms with Gasteiger partial charge in [0.05, 0.1) is 0 Å². The van der Waals surface area contributed by atoms with Gasteiger partial charge in [-0.3, -0.25) is 9.69 Å². The third kappa shape index (κ3) is 4.26. The van der Waals surface area contributed by atoms with Crippen molar-refractivity contribution < 1.29 is 24.3 Å². The molecule has 186 valence electrons. The highest BCUT2D eigenvalue weighted by atomic mass is 17.4. The molecule has 7 heteroatoms. The smallest absolute Gasteiger partial charge is 0.239 e. The number of nitrogens with zero attached hydrogens (tertiary/aromatic N) is 2. The summed E-state index contributed by atoms with van der Waals surface area (Å²) in [4.78, 5) is 41.9. The number of rotatable bonds is 4. The van der Waals surface area contributed by atoms with Crippen molar-refractivity contribution in [1.29, 1.82) is 0 Å². The van der Waals surface area contributed by atoms with E-state index in [1.54, 1.807) is 0 Å². The molecular formula is C26H42N2O5. The summed E-state index contributed by atoms with van der Waals surface area (Å²) < 4.78 is 0. The Morgan fingerprint density at radius 3 is 1.97 bits per heavy atom. The summed E-state index contributed by atoms with van der Waals surface area (Å²) in [6.45, 7) is 9.36. The maximum atomic E-state index is 12.9. The molecule has 2 aliphatic heterocycles. The first kappa shape index (κ1) is 22.7. The van der Waals surface area contributed by atoms with Crippen molar-refractivity contribution in [3.05, 3.63) is 0 Å². The summed E-state index contributed by atoms with van der Waals surface area (Å²) in [6.07, 6.45) is 10.0. The fraction of sp³-hybridized carbons (Fsp3) is 0.962. The molecule has 7 aliphatic rings. The highest BCUT2D eigenvalue weighted by molar-refractivity contribution is 5.76. The lowest BCUT2D eigenvalue weighted by molar-refractivity contribution is -0.680. The Labute approximate surface area is 198 Å². The van der Waals surface area contributed by atoms with E-state index in [0.717, 1.165) is 70.2 Å². The molecule has 1 amide bonds. The molecule has 33 heavy (non-hydrogen) atoms. The van der Waals surface area contributed by atoms with Crippen LogP contribution in [0.1, 0.15) is 78.1 Å². The van der Waals surface area contributed by atoms with Crippen molar-refractivity contribution in [2.24, 2.45) is 35.5 Å². The minimum atomic E-state index is -0.790. The second-order valence-electron chi connectivity index (χ2n) is 12.5. The SMILES string of the molecule is CC(C)CN1CCN(C(=O)CC2CCC3(CC2)OOC2(OO3)C3CC4CC(C3)CC2C4)CC1. The summed E-state index contributed by atoms with van der Waals surface area (Å²) in [5.74, 6) is 2.40. The van der Waals surface area contributed by atoms with Crippen molar-refractivity contribution in [3.8, 4) is 0 Å². The van der Waals surface area contributed by atoms with Gasteiger partial charge in [0.2, 0.25) is 17.5 Å². The fourth-order valence-corrected chi connectivity index (χ4v) is 7.98. The molecule has 0 atom stereocenters. The van der Waals surface area contributed by atoms with Crippen LogP contribution in [0.3, 0.4) is 0 Å². The Balaban J connectivity index is 0.971. The van der Waals surface area contributed by atoms with Gasteiger partial charge in [0.1, 0.15) is 0 Å². The van der Waals surface area contributed by atoms with Gasteiger partial charge in [0, 0.05) is 63.8 Å². The van der Waals surface area contributed by atoms with Gasteiger partial charge in [0.15, 0.2) is 0 Å². The van der Waals surface area contributed by atoms with Gasteiger partial charge in [-0.1, -0.05) is 13.8 Å². The number of carbonyl (C=O) groups is 1. The Morgan fingerprint density at radius 2 is 1.42 bits per heavy atom.